The normalized spacial score (nSPS) is 12.2. The number of aromatic amines is 1. The summed E-state index contributed by atoms with van der Waals surface area (Å²) in [5.41, 5.74) is 3.05. The summed E-state index contributed by atoms with van der Waals surface area (Å²) >= 11 is 0. The van der Waals surface area contributed by atoms with Gasteiger partial charge in [0, 0.05) is 0 Å². The fraction of sp³-hybridized carbons (Fsp3) is 0.120. The lowest BCUT2D eigenvalue weighted by Crippen LogP contribution is -2.31. The van der Waals surface area contributed by atoms with Crippen molar-refractivity contribution in [2.45, 2.75) is 6.04 Å². The molecule has 4 rings (SSSR count). The summed E-state index contributed by atoms with van der Waals surface area (Å²) in [5, 5.41) is 20.5. The number of halogens is 1. The first-order valence-corrected chi connectivity index (χ1v) is 10.1. The minimum Gasteiger partial charge on any atom is -0.495 e. The third kappa shape index (κ3) is 4.38. The lowest BCUT2D eigenvalue weighted by Gasteiger charge is -2.18. The lowest BCUT2D eigenvalue weighted by atomic mass is 10.0. The molecular formula is C25H22FN3O3. The molecule has 4 aromatic rings. The van der Waals surface area contributed by atoms with Crippen molar-refractivity contribution in [2.24, 2.45) is 0 Å². The Labute approximate surface area is 184 Å². The van der Waals surface area contributed by atoms with Gasteiger partial charge in [-0.2, -0.15) is 5.10 Å². The topological polar surface area (TPSA) is 87.2 Å². The van der Waals surface area contributed by atoms with E-state index in [1.54, 1.807) is 36.4 Å². The van der Waals surface area contributed by atoms with Crippen molar-refractivity contribution in [3.63, 3.8) is 0 Å². The number of carbonyl (C=O) groups is 1. The van der Waals surface area contributed by atoms with Crippen molar-refractivity contribution in [1.82, 2.24) is 15.5 Å². The van der Waals surface area contributed by atoms with E-state index in [0.717, 1.165) is 5.56 Å². The average Bonchev–Trinajstić information content (AvgIpc) is 3.24. The number of fused-ring (bicyclic) bond motifs is 1. The van der Waals surface area contributed by atoms with E-state index >= 15 is 0 Å². The van der Waals surface area contributed by atoms with E-state index in [1.807, 2.05) is 30.3 Å². The smallest absolute Gasteiger partial charge is 0.255 e. The Morgan fingerprint density at radius 3 is 2.69 bits per heavy atom. The average molecular weight is 431 g/mol. The number of H-pyrrole nitrogens is 1. The second-order valence-corrected chi connectivity index (χ2v) is 7.19. The van der Waals surface area contributed by atoms with Crippen LogP contribution in [0.4, 0.5) is 4.39 Å². The van der Waals surface area contributed by atoms with Crippen molar-refractivity contribution < 1.29 is 19.0 Å². The van der Waals surface area contributed by atoms with Gasteiger partial charge in [-0.3, -0.25) is 9.89 Å². The monoisotopic (exact) mass is 431 g/mol. The second kappa shape index (κ2) is 9.45. The number of nitrogens with zero attached hydrogens (tertiary/aromatic N) is 1. The van der Waals surface area contributed by atoms with Gasteiger partial charge >= 0.3 is 0 Å². The van der Waals surface area contributed by atoms with Gasteiger partial charge in [0.15, 0.2) is 0 Å². The van der Waals surface area contributed by atoms with E-state index in [0.29, 0.717) is 33.5 Å². The molecule has 0 fully saturated rings. The van der Waals surface area contributed by atoms with E-state index in [1.165, 1.54) is 19.2 Å². The Morgan fingerprint density at radius 2 is 1.97 bits per heavy atom. The Balaban J connectivity index is 1.68. The van der Waals surface area contributed by atoms with Crippen LogP contribution < -0.4 is 10.1 Å². The zero-order chi connectivity index (χ0) is 22.5. The first-order valence-electron chi connectivity index (χ1n) is 10.1. The fourth-order valence-corrected chi connectivity index (χ4v) is 3.56. The Kier molecular flexibility index (Phi) is 6.28. The van der Waals surface area contributed by atoms with Crippen LogP contribution in [0, 0.1) is 5.82 Å². The molecule has 0 saturated carbocycles. The van der Waals surface area contributed by atoms with Gasteiger partial charge < -0.3 is 15.2 Å². The summed E-state index contributed by atoms with van der Waals surface area (Å²) in [7, 11) is 1.49. The highest BCUT2D eigenvalue weighted by atomic mass is 19.1. The van der Waals surface area contributed by atoms with Crippen molar-refractivity contribution in [2.75, 3.05) is 13.7 Å². The number of rotatable bonds is 7. The maximum absolute atomic E-state index is 13.5. The van der Waals surface area contributed by atoms with Gasteiger partial charge in [-0.25, -0.2) is 4.39 Å². The summed E-state index contributed by atoms with van der Waals surface area (Å²) in [6.07, 6.45) is 3.51. The summed E-state index contributed by atoms with van der Waals surface area (Å²) in [6.45, 7) is -0.242. The summed E-state index contributed by atoms with van der Waals surface area (Å²) in [6, 6.07) is 18.3. The minimum atomic E-state index is -0.555. The van der Waals surface area contributed by atoms with E-state index in [4.69, 9.17) is 4.74 Å². The van der Waals surface area contributed by atoms with Crippen LogP contribution in [0.3, 0.4) is 0 Å². The zero-order valence-electron chi connectivity index (χ0n) is 17.4. The number of benzene rings is 3. The Hall–Kier alpha value is -3.97. The predicted octanol–water partition coefficient (Wildman–Crippen LogP) is 4.34. The van der Waals surface area contributed by atoms with E-state index in [9.17, 15) is 14.3 Å². The standard InChI is InChI=1S/C25H22FN3O3/c1-32-24-19(25(31)27-22(15-30)17-7-3-2-4-8-17)11-13-21-23(24)20(28-29-21)12-10-16-6-5-9-18(26)14-16/h2-14,22,30H,15H2,1H3,(H,27,31)(H,28,29)/b12-10+/t22-/m1/s1. The van der Waals surface area contributed by atoms with Crippen molar-refractivity contribution >= 4 is 29.0 Å². The molecule has 0 radical (unpaired) electrons. The van der Waals surface area contributed by atoms with Crippen LogP contribution >= 0.6 is 0 Å². The molecule has 1 heterocycles. The van der Waals surface area contributed by atoms with Gasteiger partial charge in [-0.05, 0) is 41.5 Å². The number of nitrogens with one attached hydrogen (secondary N) is 2. The number of amides is 1. The molecule has 6 nitrogen and oxygen atoms in total. The molecule has 1 aromatic heterocycles. The van der Waals surface area contributed by atoms with E-state index in [2.05, 4.69) is 15.5 Å². The highest BCUT2D eigenvalue weighted by Gasteiger charge is 2.21. The zero-order valence-corrected chi connectivity index (χ0v) is 17.4. The van der Waals surface area contributed by atoms with Crippen molar-refractivity contribution in [3.05, 3.63) is 94.9 Å². The number of hydrogen-bond donors (Lipinski definition) is 3. The van der Waals surface area contributed by atoms with Crippen molar-refractivity contribution in [3.8, 4) is 5.75 Å². The van der Waals surface area contributed by atoms with E-state index in [-0.39, 0.29) is 18.3 Å². The molecule has 32 heavy (non-hydrogen) atoms. The Bertz CT molecular complexity index is 1270. The van der Waals surface area contributed by atoms with Gasteiger partial charge in [-0.1, -0.05) is 48.5 Å². The summed E-state index contributed by atoms with van der Waals surface area (Å²) in [5.74, 6) is -0.347. The maximum atomic E-state index is 13.5. The number of carbonyl (C=O) groups excluding carboxylic acids is 1. The first kappa shape index (κ1) is 21.3. The molecule has 1 atom stereocenters. The molecule has 0 bridgehead atoms. The number of hydrogen-bond acceptors (Lipinski definition) is 4. The van der Waals surface area contributed by atoms with Gasteiger partial charge in [0.05, 0.1) is 41.9 Å². The highest BCUT2D eigenvalue weighted by molar-refractivity contribution is 6.05. The number of methoxy groups -OCH3 is 1. The largest absolute Gasteiger partial charge is 0.495 e. The number of aromatic nitrogens is 2. The summed E-state index contributed by atoms with van der Waals surface area (Å²) in [4.78, 5) is 13.1. The van der Waals surface area contributed by atoms with E-state index < -0.39 is 6.04 Å². The van der Waals surface area contributed by atoms with Crippen molar-refractivity contribution in [1.29, 1.82) is 0 Å². The minimum absolute atomic E-state index is 0.242. The summed E-state index contributed by atoms with van der Waals surface area (Å²) < 4.78 is 19.1. The van der Waals surface area contributed by atoms with Gasteiger partial charge in [0.1, 0.15) is 11.6 Å². The molecule has 3 aromatic carbocycles. The quantitative estimate of drug-likeness (QED) is 0.406. The molecule has 0 unspecified atom stereocenters. The van der Waals surface area contributed by atoms with Crippen LogP contribution in [-0.2, 0) is 0 Å². The third-order valence-electron chi connectivity index (χ3n) is 5.13. The molecular weight excluding hydrogens is 409 g/mol. The molecule has 0 saturated heterocycles. The number of aliphatic hydroxyl groups is 1. The molecule has 0 spiro atoms. The molecule has 3 N–H and O–H groups in total. The highest BCUT2D eigenvalue weighted by Crippen LogP contribution is 2.32. The lowest BCUT2D eigenvalue weighted by molar-refractivity contribution is 0.0913. The predicted molar refractivity (Wildman–Crippen MR) is 122 cm³/mol. The van der Waals surface area contributed by atoms with Crippen LogP contribution in [0.5, 0.6) is 5.75 Å². The Morgan fingerprint density at radius 1 is 1.16 bits per heavy atom. The first-order chi connectivity index (χ1) is 15.6. The molecule has 1 amide bonds. The molecule has 7 heteroatoms. The SMILES string of the molecule is COc1c(C(=O)N[C@H](CO)c2ccccc2)ccc2n[nH]c(/C=C/c3cccc(F)c3)c12. The van der Waals surface area contributed by atoms with Crippen LogP contribution in [0.2, 0.25) is 0 Å². The molecule has 0 aliphatic rings. The van der Waals surface area contributed by atoms with Gasteiger partial charge in [0.25, 0.3) is 5.91 Å². The second-order valence-electron chi connectivity index (χ2n) is 7.19. The number of ether oxygens (including phenoxy) is 1. The van der Waals surface area contributed by atoms with Crippen LogP contribution in [-0.4, -0.2) is 34.9 Å². The third-order valence-corrected chi connectivity index (χ3v) is 5.13. The molecule has 0 aliphatic carbocycles. The fourth-order valence-electron chi connectivity index (χ4n) is 3.56. The van der Waals surface area contributed by atoms with Gasteiger partial charge in [-0.15, -0.1) is 0 Å². The molecule has 0 aliphatic heterocycles. The molecule has 162 valence electrons. The number of aliphatic hydroxyl groups excluding tert-OH is 1. The van der Waals surface area contributed by atoms with Gasteiger partial charge in [0.2, 0.25) is 0 Å². The van der Waals surface area contributed by atoms with Crippen LogP contribution in [0.1, 0.15) is 33.2 Å². The van der Waals surface area contributed by atoms with Crippen LogP contribution in [0.25, 0.3) is 23.1 Å². The van der Waals surface area contributed by atoms with Crippen LogP contribution in [0.15, 0.2) is 66.7 Å². The maximum Gasteiger partial charge on any atom is 0.255 e.